The second-order valence-corrected chi connectivity index (χ2v) is 7.89. The molecule has 0 saturated heterocycles. The monoisotopic (exact) mass is 314 g/mol. The van der Waals surface area contributed by atoms with E-state index in [1.807, 2.05) is 6.07 Å². The maximum absolute atomic E-state index is 10.7. The largest absolute Gasteiger partial charge is 0.328 e. The Morgan fingerprint density at radius 1 is 0.952 bits per heavy atom. The number of rotatable bonds is 10. The predicted molar refractivity (Wildman–Crippen MR) is 86.9 cm³/mol. The molecule has 0 fully saturated rings. The molecule has 0 aromatic heterocycles. The Labute approximate surface area is 129 Å². The van der Waals surface area contributed by atoms with E-state index in [9.17, 15) is 8.42 Å². The zero-order chi connectivity index (χ0) is 15.8. The van der Waals surface area contributed by atoms with Crippen molar-refractivity contribution in [1.82, 2.24) is 0 Å². The third-order valence-corrected chi connectivity index (χ3v) is 4.54. The fourth-order valence-corrected chi connectivity index (χ4v) is 3.02. The third-order valence-electron chi connectivity index (χ3n) is 3.74. The molecule has 1 N–H and O–H groups in total. The van der Waals surface area contributed by atoms with Gasteiger partial charge in [-0.1, -0.05) is 30.3 Å². The lowest BCUT2D eigenvalue weighted by Crippen LogP contribution is -2.41. The van der Waals surface area contributed by atoms with Crippen LogP contribution in [0.1, 0.15) is 31.2 Å². The van der Waals surface area contributed by atoms with Crippen LogP contribution < -0.4 is 0 Å². The van der Waals surface area contributed by atoms with Crippen molar-refractivity contribution in [1.29, 1.82) is 0 Å². The highest BCUT2D eigenvalue weighted by molar-refractivity contribution is 7.85. The van der Waals surface area contributed by atoms with Crippen LogP contribution in [-0.4, -0.2) is 50.4 Å². The van der Waals surface area contributed by atoms with Gasteiger partial charge in [0.2, 0.25) is 0 Å². The van der Waals surface area contributed by atoms with E-state index >= 15 is 0 Å². The van der Waals surface area contributed by atoms with Gasteiger partial charge < -0.3 is 4.48 Å². The molecule has 120 valence electrons. The van der Waals surface area contributed by atoms with Gasteiger partial charge >= 0.3 is 0 Å². The van der Waals surface area contributed by atoms with E-state index < -0.39 is 10.1 Å². The Balaban J connectivity index is 2.14. The van der Waals surface area contributed by atoms with Crippen LogP contribution in [0, 0.1) is 0 Å². The minimum Gasteiger partial charge on any atom is -0.328 e. The average molecular weight is 314 g/mol. The highest BCUT2D eigenvalue weighted by atomic mass is 32.2. The van der Waals surface area contributed by atoms with Gasteiger partial charge in [-0.25, -0.2) is 0 Å². The summed E-state index contributed by atoms with van der Waals surface area (Å²) in [6.45, 7) is 2.04. The minimum absolute atomic E-state index is 0.124. The lowest BCUT2D eigenvalue weighted by molar-refractivity contribution is -0.890. The summed E-state index contributed by atoms with van der Waals surface area (Å²) in [6.07, 6.45) is 4.82. The Bertz CT molecular complexity index is 498. The summed E-state index contributed by atoms with van der Waals surface area (Å²) < 4.78 is 30.9. The van der Waals surface area contributed by atoms with Gasteiger partial charge in [-0.2, -0.15) is 8.42 Å². The summed E-state index contributed by atoms with van der Waals surface area (Å²) >= 11 is 0. The molecular weight excluding hydrogens is 286 g/mol. The fourth-order valence-electron chi connectivity index (χ4n) is 2.45. The molecular formula is C16H28NO3S+. The van der Waals surface area contributed by atoms with Gasteiger partial charge in [0.15, 0.2) is 0 Å². The molecule has 0 heterocycles. The van der Waals surface area contributed by atoms with E-state index in [2.05, 4.69) is 38.4 Å². The molecule has 21 heavy (non-hydrogen) atoms. The highest BCUT2D eigenvalue weighted by Gasteiger charge is 2.14. The second-order valence-electron chi connectivity index (χ2n) is 6.32. The smallest absolute Gasteiger partial charge is 0.264 e. The van der Waals surface area contributed by atoms with Crippen molar-refractivity contribution in [3.8, 4) is 0 Å². The van der Waals surface area contributed by atoms with Crippen molar-refractivity contribution in [3.05, 3.63) is 35.9 Å². The SMILES string of the molecule is C[N+](C)(CCCCc1ccccc1)CCCCS(=O)(=O)O. The van der Waals surface area contributed by atoms with Gasteiger partial charge in [0.1, 0.15) is 0 Å². The van der Waals surface area contributed by atoms with E-state index in [-0.39, 0.29) is 5.75 Å². The van der Waals surface area contributed by atoms with Crippen LogP contribution in [-0.2, 0) is 16.5 Å². The zero-order valence-corrected chi connectivity index (χ0v) is 14.0. The minimum atomic E-state index is -3.80. The first-order chi connectivity index (χ1) is 9.79. The summed E-state index contributed by atoms with van der Waals surface area (Å²) in [5.74, 6) is -0.124. The number of hydrogen-bond acceptors (Lipinski definition) is 2. The van der Waals surface area contributed by atoms with Crippen molar-refractivity contribution in [2.24, 2.45) is 0 Å². The molecule has 1 aromatic carbocycles. The molecule has 0 bridgehead atoms. The molecule has 1 rings (SSSR count). The number of benzene rings is 1. The molecule has 0 radical (unpaired) electrons. The summed E-state index contributed by atoms with van der Waals surface area (Å²) in [7, 11) is 0.553. The van der Waals surface area contributed by atoms with Crippen LogP contribution in [0.5, 0.6) is 0 Å². The topological polar surface area (TPSA) is 54.4 Å². The van der Waals surface area contributed by atoms with Crippen molar-refractivity contribution in [2.75, 3.05) is 32.9 Å². The Morgan fingerprint density at radius 3 is 2.10 bits per heavy atom. The van der Waals surface area contributed by atoms with Crippen LogP contribution in [0.25, 0.3) is 0 Å². The first-order valence-corrected chi connectivity index (χ1v) is 9.20. The number of hydrogen-bond donors (Lipinski definition) is 1. The fraction of sp³-hybridized carbons (Fsp3) is 0.625. The van der Waals surface area contributed by atoms with Crippen molar-refractivity contribution >= 4 is 10.1 Å². The molecule has 0 aliphatic heterocycles. The maximum Gasteiger partial charge on any atom is 0.264 e. The summed E-state index contributed by atoms with van der Waals surface area (Å²) in [5.41, 5.74) is 1.39. The third kappa shape index (κ3) is 9.61. The molecule has 1 aromatic rings. The molecule has 0 aliphatic carbocycles. The van der Waals surface area contributed by atoms with E-state index in [4.69, 9.17) is 4.55 Å². The van der Waals surface area contributed by atoms with Crippen LogP contribution in [0.3, 0.4) is 0 Å². The van der Waals surface area contributed by atoms with Crippen LogP contribution in [0.4, 0.5) is 0 Å². The predicted octanol–water partition coefficient (Wildman–Crippen LogP) is 2.75. The van der Waals surface area contributed by atoms with Crippen molar-refractivity contribution < 1.29 is 17.5 Å². The molecule has 0 aliphatic rings. The summed E-state index contributed by atoms with van der Waals surface area (Å²) in [5, 5.41) is 0. The summed E-state index contributed by atoms with van der Waals surface area (Å²) in [4.78, 5) is 0. The second kappa shape index (κ2) is 8.51. The molecule has 5 heteroatoms. The maximum atomic E-state index is 10.7. The quantitative estimate of drug-likeness (QED) is 0.410. The first kappa shape index (κ1) is 18.1. The molecule has 0 amide bonds. The van der Waals surface area contributed by atoms with Crippen molar-refractivity contribution in [2.45, 2.75) is 32.1 Å². The van der Waals surface area contributed by atoms with Gasteiger partial charge in [-0.05, 0) is 37.7 Å². The molecule has 0 saturated carbocycles. The standard InChI is InChI=1S/C16H27NO3S/c1-17(2,14-8-9-15-21(18,19)20)13-7-6-12-16-10-4-3-5-11-16/h3-5,10-11H,6-9,12-15H2,1-2H3/p+1. The number of unbranched alkanes of at least 4 members (excludes halogenated alkanes) is 2. The van der Waals surface area contributed by atoms with Gasteiger partial charge in [-0.3, -0.25) is 4.55 Å². The molecule has 0 spiro atoms. The van der Waals surface area contributed by atoms with E-state index in [0.717, 1.165) is 30.4 Å². The van der Waals surface area contributed by atoms with Crippen LogP contribution in [0.15, 0.2) is 30.3 Å². The summed E-state index contributed by atoms with van der Waals surface area (Å²) in [6, 6.07) is 10.5. The van der Waals surface area contributed by atoms with Gasteiger partial charge in [0, 0.05) is 0 Å². The highest BCUT2D eigenvalue weighted by Crippen LogP contribution is 2.09. The van der Waals surface area contributed by atoms with Crippen LogP contribution >= 0.6 is 0 Å². The van der Waals surface area contributed by atoms with Crippen molar-refractivity contribution in [3.63, 3.8) is 0 Å². The average Bonchev–Trinajstić information content (AvgIpc) is 2.40. The lowest BCUT2D eigenvalue weighted by atomic mass is 10.1. The van der Waals surface area contributed by atoms with Crippen LogP contribution in [0.2, 0.25) is 0 Å². The lowest BCUT2D eigenvalue weighted by Gasteiger charge is -2.29. The Hall–Kier alpha value is -0.910. The van der Waals surface area contributed by atoms with E-state index in [1.54, 1.807) is 0 Å². The molecule has 4 nitrogen and oxygen atoms in total. The van der Waals surface area contributed by atoms with Gasteiger partial charge in [0.25, 0.3) is 10.1 Å². The molecule has 0 atom stereocenters. The number of aryl methyl sites for hydroxylation is 1. The van der Waals surface area contributed by atoms with Gasteiger partial charge in [0.05, 0.1) is 32.9 Å². The first-order valence-electron chi connectivity index (χ1n) is 7.60. The Kier molecular flexibility index (Phi) is 7.35. The molecule has 0 unspecified atom stereocenters. The Morgan fingerprint density at radius 2 is 1.52 bits per heavy atom. The normalized spacial score (nSPS) is 12.5. The number of nitrogens with zero attached hydrogens (tertiary/aromatic N) is 1. The number of quaternary nitrogens is 1. The van der Waals surface area contributed by atoms with E-state index in [0.29, 0.717) is 6.42 Å². The van der Waals surface area contributed by atoms with E-state index in [1.165, 1.54) is 18.4 Å². The zero-order valence-electron chi connectivity index (χ0n) is 13.2. The van der Waals surface area contributed by atoms with Gasteiger partial charge in [-0.15, -0.1) is 0 Å².